The number of carbonyl (C=O) groups is 1. The van der Waals surface area contributed by atoms with Crippen molar-refractivity contribution < 1.29 is 31.1 Å². The van der Waals surface area contributed by atoms with E-state index in [4.69, 9.17) is 4.74 Å². The van der Waals surface area contributed by atoms with Gasteiger partial charge in [-0.25, -0.2) is 22.8 Å². The van der Waals surface area contributed by atoms with E-state index in [1.807, 2.05) is 18.7 Å². The van der Waals surface area contributed by atoms with E-state index in [0.29, 0.717) is 12.2 Å². The first-order valence-electron chi connectivity index (χ1n) is 13.0. The predicted molar refractivity (Wildman–Crippen MR) is 145 cm³/mol. The SMILES string of the molecule is Cc1n[nH]c(C)c1S(=O)(=O)NC(=O)c1ccc(-n2ccc(OCC(C)(C)C(F)(F)F)n2)nc1N1C[C@@H](C)CC1(C)C. The maximum atomic E-state index is 13.4. The first-order valence-corrected chi connectivity index (χ1v) is 14.4. The lowest BCUT2D eigenvalue weighted by molar-refractivity contribution is -0.219. The lowest BCUT2D eigenvalue weighted by atomic mass is 9.94. The maximum absolute atomic E-state index is 13.4. The van der Waals surface area contributed by atoms with Crippen molar-refractivity contribution in [1.82, 2.24) is 29.7 Å². The normalized spacial score (nSPS) is 17.6. The summed E-state index contributed by atoms with van der Waals surface area (Å²) < 4.78 is 74.6. The van der Waals surface area contributed by atoms with Crippen LogP contribution in [0.15, 0.2) is 29.3 Å². The molecule has 0 aliphatic carbocycles. The third-order valence-corrected chi connectivity index (χ3v) is 8.73. The number of hydrogen-bond donors (Lipinski definition) is 2. The molecule has 0 bridgehead atoms. The zero-order chi connectivity index (χ0) is 30.5. The second-order valence-electron chi connectivity index (χ2n) is 11.7. The summed E-state index contributed by atoms with van der Waals surface area (Å²) in [4.78, 5) is 20.0. The van der Waals surface area contributed by atoms with Crippen LogP contribution in [0.1, 0.15) is 62.8 Å². The fourth-order valence-corrected chi connectivity index (χ4v) is 6.26. The molecule has 1 aliphatic heterocycles. The molecule has 4 heterocycles. The third-order valence-electron chi connectivity index (χ3n) is 7.14. The van der Waals surface area contributed by atoms with Crippen molar-refractivity contribution in [3.05, 3.63) is 41.3 Å². The number of alkyl halides is 3. The van der Waals surface area contributed by atoms with Gasteiger partial charge >= 0.3 is 6.18 Å². The molecule has 2 N–H and O–H groups in total. The molecular weight excluding hydrogens is 563 g/mol. The summed E-state index contributed by atoms with van der Waals surface area (Å²) in [6.07, 6.45) is -2.17. The summed E-state index contributed by atoms with van der Waals surface area (Å²) in [6.45, 7) is 11.1. The van der Waals surface area contributed by atoms with Gasteiger partial charge in [0.15, 0.2) is 5.82 Å². The number of nitrogens with one attached hydrogen (secondary N) is 2. The Morgan fingerprint density at radius 3 is 2.46 bits per heavy atom. The zero-order valence-electron chi connectivity index (χ0n) is 23.9. The lowest BCUT2D eigenvalue weighted by Gasteiger charge is -2.34. The van der Waals surface area contributed by atoms with E-state index in [2.05, 4.69) is 31.9 Å². The van der Waals surface area contributed by atoms with Crippen LogP contribution in [0.2, 0.25) is 0 Å². The van der Waals surface area contributed by atoms with Gasteiger partial charge in [0.05, 0.1) is 22.4 Å². The molecule has 0 unspecified atom stereocenters. The molecule has 224 valence electrons. The number of rotatable bonds is 8. The van der Waals surface area contributed by atoms with Crippen LogP contribution in [0.4, 0.5) is 19.0 Å². The third kappa shape index (κ3) is 6.04. The van der Waals surface area contributed by atoms with E-state index < -0.39 is 39.7 Å². The van der Waals surface area contributed by atoms with Crippen molar-refractivity contribution in [3.8, 4) is 11.7 Å². The van der Waals surface area contributed by atoms with Crippen LogP contribution in [0.25, 0.3) is 5.82 Å². The number of aromatic amines is 1. The topological polar surface area (TPSA) is 135 Å². The average molecular weight is 598 g/mol. The largest absolute Gasteiger partial charge is 0.476 e. The highest BCUT2D eigenvalue weighted by atomic mass is 32.2. The van der Waals surface area contributed by atoms with Gasteiger partial charge in [0, 0.05) is 24.3 Å². The number of aromatic nitrogens is 5. The number of halogens is 3. The van der Waals surface area contributed by atoms with Crippen LogP contribution in [-0.4, -0.2) is 64.2 Å². The van der Waals surface area contributed by atoms with Crippen molar-refractivity contribution in [2.24, 2.45) is 11.3 Å². The Morgan fingerprint density at radius 2 is 1.90 bits per heavy atom. The van der Waals surface area contributed by atoms with E-state index in [9.17, 15) is 26.4 Å². The van der Waals surface area contributed by atoms with E-state index in [1.54, 1.807) is 6.92 Å². The van der Waals surface area contributed by atoms with Crippen LogP contribution in [0.5, 0.6) is 5.88 Å². The quantitative estimate of drug-likeness (QED) is 0.392. The second kappa shape index (κ2) is 10.3. The van der Waals surface area contributed by atoms with Gasteiger partial charge in [0.25, 0.3) is 15.9 Å². The van der Waals surface area contributed by atoms with Gasteiger partial charge in [-0.05, 0) is 66.0 Å². The number of H-pyrrole nitrogens is 1. The highest BCUT2D eigenvalue weighted by molar-refractivity contribution is 7.90. The fraction of sp³-hybridized carbons (Fsp3) is 0.538. The molecule has 15 heteroatoms. The molecule has 4 rings (SSSR count). The molecule has 1 amide bonds. The Morgan fingerprint density at radius 1 is 1.22 bits per heavy atom. The van der Waals surface area contributed by atoms with E-state index >= 15 is 0 Å². The van der Waals surface area contributed by atoms with Crippen LogP contribution in [0.3, 0.4) is 0 Å². The highest BCUT2D eigenvalue weighted by Gasteiger charge is 2.48. The van der Waals surface area contributed by atoms with Gasteiger partial charge < -0.3 is 9.64 Å². The molecule has 0 aromatic carbocycles. The van der Waals surface area contributed by atoms with Crippen molar-refractivity contribution >= 4 is 21.7 Å². The predicted octanol–water partition coefficient (Wildman–Crippen LogP) is 4.32. The van der Waals surface area contributed by atoms with E-state index in [0.717, 1.165) is 20.3 Å². The fourth-order valence-electron chi connectivity index (χ4n) is 4.92. The van der Waals surface area contributed by atoms with Gasteiger partial charge in [0.1, 0.15) is 17.3 Å². The van der Waals surface area contributed by atoms with Crippen molar-refractivity contribution in [1.29, 1.82) is 0 Å². The van der Waals surface area contributed by atoms with Crippen LogP contribution >= 0.6 is 0 Å². The first kappa shape index (κ1) is 30.3. The minimum absolute atomic E-state index is 0.0282. The average Bonchev–Trinajstić information content (AvgIpc) is 3.52. The summed E-state index contributed by atoms with van der Waals surface area (Å²) in [7, 11) is -4.25. The Kier molecular flexibility index (Phi) is 7.65. The Hall–Kier alpha value is -3.62. The van der Waals surface area contributed by atoms with Crippen LogP contribution < -0.4 is 14.4 Å². The second-order valence-corrected chi connectivity index (χ2v) is 13.4. The minimum atomic E-state index is -4.45. The van der Waals surface area contributed by atoms with Crippen molar-refractivity contribution in [3.63, 3.8) is 0 Å². The maximum Gasteiger partial charge on any atom is 0.397 e. The summed E-state index contributed by atoms with van der Waals surface area (Å²) in [5.41, 5.74) is -1.93. The number of pyridine rings is 1. The van der Waals surface area contributed by atoms with Gasteiger partial charge in [-0.15, -0.1) is 5.10 Å². The van der Waals surface area contributed by atoms with Crippen LogP contribution in [0, 0.1) is 25.2 Å². The number of sulfonamides is 1. The molecule has 1 aliphatic rings. The number of aryl methyl sites for hydroxylation is 2. The molecule has 1 saturated heterocycles. The number of ether oxygens (including phenoxy) is 1. The number of nitrogens with zero attached hydrogens (tertiary/aromatic N) is 5. The van der Waals surface area contributed by atoms with Gasteiger partial charge in [-0.2, -0.15) is 18.3 Å². The summed E-state index contributed by atoms with van der Waals surface area (Å²) in [6, 6.07) is 4.34. The summed E-state index contributed by atoms with van der Waals surface area (Å²) in [5, 5.41) is 10.7. The van der Waals surface area contributed by atoms with Crippen molar-refractivity contribution in [2.75, 3.05) is 18.1 Å². The molecule has 0 spiro atoms. The highest BCUT2D eigenvalue weighted by Crippen LogP contribution is 2.39. The van der Waals surface area contributed by atoms with Crippen LogP contribution in [-0.2, 0) is 10.0 Å². The summed E-state index contributed by atoms with van der Waals surface area (Å²) >= 11 is 0. The number of carbonyl (C=O) groups excluding carboxylic acids is 1. The summed E-state index contributed by atoms with van der Waals surface area (Å²) in [5.74, 6) is -0.108. The molecule has 41 heavy (non-hydrogen) atoms. The molecule has 1 atom stereocenters. The number of anilines is 1. The minimum Gasteiger partial charge on any atom is -0.476 e. The molecule has 3 aromatic heterocycles. The van der Waals surface area contributed by atoms with E-state index in [-0.39, 0.29) is 39.6 Å². The molecule has 3 aromatic rings. The number of hydrogen-bond acceptors (Lipinski definition) is 8. The molecule has 1 fully saturated rings. The standard InChI is InChI=1S/C26H34F3N7O4S/c1-15-12-25(6,7)35(13-15)22-18(23(37)34-41(38,39)21-16(2)31-32-17(21)3)8-9-19(30-22)36-11-10-20(33-36)40-14-24(4,5)26(27,28)29/h8-11,15H,12-14H2,1-7H3,(H,31,32)(H,34,37)/t15-/m0/s1. The van der Waals surface area contributed by atoms with Gasteiger partial charge in [-0.1, -0.05) is 6.92 Å². The molecule has 0 radical (unpaired) electrons. The molecule has 11 nitrogen and oxygen atoms in total. The Labute approximate surface area is 236 Å². The molecular formula is C26H34F3N7O4S. The van der Waals surface area contributed by atoms with Crippen molar-refractivity contribution in [2.45, 2.75) is 71.5 Å². The Balaban J connectivity index is 1.68. The van der Waals surface area contributed by atoms with Gasteiger partial charge in [0.2, 0.25) is 5.88 Å². The molecule has 0 saturated carbocycles. The zero-order valence-corrected chi connectivity index (χ0v) is 24.7. The Bertz CT molecular complexity index is 1540. The van der Waals surface area contributed by atoms with Gasteiger partial charge in [-0.3, -0.25) is 9.89 Å². The monoisotopic (exact) mass is 597 g/mol. The lowest BCUT2D eigenvalue weighted by Crippen LogP contribution is -2.41. The number of amides is 1. The van der Waals surface area contributed by atoms with E-state index in [1.165, 1.54) is 36.0 Å². The first-order chi connectivity index (χ1) is 18.8. The smallest absolute Gasteiger partial charge is 0.397 e.